The van der Waals surface area contributed by atoms with E-state index < -0.39 is 0 Å². The molecule has 0 unspecified atom stereocenters. The summed E-state index contributed by atoms with van der Waals surface area (Å²) < 4.78 is 0. The van der Waals surface area contributed by atoms with Crippen molar-refractivity contribution in [2.75, 3.05) is 13.1 Å². The number of hydrogen-bond donors (Lipinski definition) is 1. The number of nitrogens with zero attached hydrogens (tertiary/aromatic N) is 1. The fourth-order valence-electron chi connectivity index (χ4n) is 1.40. The smallest absolute Gasteiger partial charge is 0.239 e. The molecule has 2 atom stereocenters. The van der Waals surface area contributed by atoms with Crippen molar-refractivity contribution in [3.8, 4) is 0 Å². The van der Waals surface area contributed by atoms with Crippen molar-refractivity contribution in [2.45, 2.75) is 46.6 Å². The maximum absolute atomic E-state index is 11.9. The highest BCUT2D eigenvalue weighted by molar-refractivity contribution is 5.81. The standard InChI is InChI=1S/C11H24N2O/c1-5-8-13(7-3)11(14)10(12)9(4)6-2/h9-10H,5-8,12H2,1-4H3/t9-,10-/m0/s1. The second-order valence-electron chi connectivity index (χ2n) is 3.83. The number of rotatable bonds is 6. The molecule has 14 heavy (non-hydrogen) atoms. The van der Waals surface area contributed by atoms with Gasteiger partial charge in [-0.1, -0.05) is 27.2 Å². The Morgan fingerprint density at radius 1 is 1.36 bits per heavy atom. The van der Waals surface area contributed by atoms with Gasteiger partial charge in [-0.3, -0.25) is 4.79 Å². The van der Waals surface area contributed by atoms with Crippen molar-refractivity contribution in [1.82, 2.24) is 4.90 Å². The summed E-state index contributed by atoms with van der Waals surface area (Å²) in [6.45, 7) is 9.74. The van der Waals surface area contributed by atoms with Crippen molar-refractivity contribution >= 4 is 5.91 Å². The monoisotopic (exact) mass is 200 g/mol. The summed E-state index contributed by atoms with van der Waals surface area (Å²) in [7, 11) is 0. The third kappa shape index (κ3) is 3.66. The van der Waals surface area contributed by atoms with E-state index in [4.69, 9.17) is 5.73 Å². The number of carbonyl (C=O) groups excluding carboxylic acids is 1. The van der Waals surface area contributed by atoms with Gasteiger partial charge in [0.1, 0.15) is 0 Å². The Bertz CT molecular complexity index is 167. The molecule has 0 aliphatic heterocycles. The minimum atomic E-state index is -0.327. The van der Waals surface area contributed by atoms with Crippen LogP contribution < -0.4 is 5.73 Å². The summed E-state index contributed by atoms with van der Waals surface area (Å²) in [5, 5.41) is 0. The van der Waals surface area contributed by atoms with Gasteiger partial charge < -0.3 is 10.6 Å². The zero-order chi connectivity index (χ0) is 11.1. The van der Waals surface area contributed by atoms with E-state index in [0.717, 1.165) is 25.9 Å². The van der Waals surface area contributed by atoms with E-state index in [-0.39, 0.29) is 17.9 Å². The minimum absolute atomic E-state index is 0.101. The van der Waals surface area contributed by atoms with Crippen molar-refractivity contribution in [1.29, 1.82) is 0 Å². The lowest BCUT2D eigenvalue weighted by Crippen LogP contribution is -2.47. The van der Waals surface area contributed by atoms with E-state index in [1.807, 2.05) is 18.7 Å². The van der Waals surface area contributed by atoms with Gasteiger partial charge in [-0.05, 0) is 19.3 Å². The van der Waals surface area contributed by atoms with Gasteiger partial charge in [0.15, 0.2) is 0 Å². The van der Waals surface area contributed by atoms with E-state index in [0.29, 0.717) is 0 Å². The SMILES string of the molecule is CCCN(CC)C(=O)[C@@H](N)[C@@H](C)CC. The van der Waals surface area contributed by atoms with Crippen LogP contribution in [-0.2, 0) is 4.79 Å². The van der Waals surface area contributed by atoms with Crippen LogP contribution in [0.4, 0.5) is 0 Å². The number of amides is 1. The first-order valence-electron chi connectivity index (χ1n) is 5.62. The maximum Gasteiger partial charge on any atom is 0.239 e. The van der Waals surface area contributed by atoms with Crippen LogP contribution in [-0.4, -0.2) is 29.9 Å². The van der Waals surface area contributed by atoms with Crippen molar-refractivity contribution in [3.05, 3.63) is 0 Å². The molecule has 0 spiro atoms. The molecule has 0 aliphatic carbocycles. The van der Waals surface area contributed by atoms with E-state index in [1.165, 1.54) is 0 Å². The average molecular weight is 200 g/mol. The molecule has 0 radical (unpaired) electrons. The van der Waals surface area contributed by atoms with Gasteiger partial charge in [0.2, 0.25) is 5.91 Å². The van der Waals surface area contributed by atoms with E-state index in [2.05, 4.69) is 13.8 Å². The molecule has 2 N–H and O–H groups in total. The molecule has 3 nitrogen and oxygen atoms in total. The molecular weight excluding hydrogens is 176 g/mol. The van der Waals surface area contributed by atoms with Crippen LogP contribution >= 0.6 is 0 Å². The van der Waals surface area contributed by atoms with Gasteiger partial charge in [-0.25, -0.2) is 0 Å². The molecule has 0 aliphatic rings. The van der Waals surface area contributed by atoms with Gasteiger partial charge in [-0.2, -0.15) is 0 Å². The summed E-state index contributed by atoms with van der Waals surface area (Å²) in [5.41, 5.74) is 5.89. The van der Waals surface area contributed by atoms with Gasteiger partial charge in [-0.15, -0.1) is 0 Å². The first kappa shape index (κ1) is 13.4. The second-order valence-corrected chi connectivity index (χ2v) is 3.83. The van der Waals surface area contributed by atoms with E-state index in [1.54, 1.807) is 0 Å². The number of nitrogens with two attached hydrogens (primary N) is 1. The van der Waals surface area contributed by atoms with Gasteiger partial charge in [0.05, 0.1) is 6.04 Å². The Hall–Kier alpha value is -0.570. The second kappa shape index (κ2) is 6.82. The van der Waals surface area contributed by atoms with Crippen LogP contribution in [0.1, 0.15) is 40.5 Å². The Kier molecular flexibility index (Phi) is 6.54. The van der Waals surface area contributed by atoms with Crippen LogP contribution in [0.15, 0.2) is 0 Å². The maximum atomic E-state index is 11.9. The number of likely N-dealkylation sites (N-methyl/N-ethyl adjacent to an activating group) is 1. The predicted molar refractivity (Wildman–Crippen MR) is 60.0 cm³/mol. The molecule has 1 amide bonds. The lowest BCUT2D eigenvalue weighted by Gasteiger charge is -2.26. The molecule has 0 aromatic carbocycles. The van der Waals surface area contributed by atoms with Crippen molar-refractivity contribution in [2.24, 2.45) is 11.7 Å². The predicted octanol–water partition coefficient (Wildman–Crippen LogP) is 1.62. The van der Waals surface area contributed by atoms with E-state index >= 15 is 0 Å². The van der Waals surface area contributed by atoms with Crippen LogP contribution in [0.2, 0.25) is 0 Å². The highest BCUT2D eigenvalue weighted by Gasteiger charge is 2.23. The molecule has 0 aromatic rings. The van der Waals surface area contributed by atoms with E-state index in [9.17, 15) is 4.79 Å². The minimum Gasteiger partial charge on any atom is -0.342 e. The fraction of sp³-hybridized carbons (Fsp3) is 0.909. The topological polar surface area (TPSA) is 46.3 Å². The molecule has 3 heteroatoms. The molecule has 0 fully saturated rings. The van der Waals surface area contributed by atoms with Gasteiger partial charge >= 0.3 is 0 Å². The fourth-order valence-corrected chi connectivity index (χ4v) is 1.40. The first-order valence-corrected chi connectivity index (χ1v) is 5.62. The summed E-state index contributed by atoms with van der Waals surface area (Å²) in [6.07, 6.45) is 1.95. The van der Waals surface area contributed by atoms with Crippen LogP contribution in [0, 0.1) is 5.92 Å². The van der Waals surface area contributed by atoms with Crippen molar-refractivity contribution < 1.29 is 4.79 Å². The molecule has 0 rings (SSSR count). The summed E-state index contributed by atoms with van der Waals surface area (Å²) in [6, 6.07) is -0.327. The normalized spacial score (nSPS) is 14.9. The first-order chi connectivity index (χ1) is 6.58. The Morgan fingerprint density at radius 2 is 1.93 bits per heavy atom. The lowest BCUT2D eigenvalue weighted by molar-refractivity contribution is -0.133. The summed E-state index contributed by atoms with van der Waals surface area (Å²) >= 11 is 0. The van der Waals surface area contributed by atoms with Crippen LogP contribution in [0.25, 0.3) is 0 Å². The van der Waals surface area contributed by atoms with Crippen LogP contribution in [0.3, 0.4) is 0 Å². The molecule has 84 valence electrons. The Balaban J connectivity index is 4.26. The van der Waals surface area contributed by atoms with Crippen LogP contribution in [0.5, 0.6) is 0 Å². The molecule has 0 saturated carbocycles. The zero-order valence-electron chi connectivity index (χ0n) is 9.92. The van der Waals surface area contributed by atoms with Gasteiger partial charge in [0.25, 0.3) is 0 Å². The lowest BCUT2D eigenvalue weighted by atomic mass is 9.99. The molecule has 0 bridgehead atoms. The van der Waals surface area contributed by atoms with Gasteiger partial charge in [0, 0.05) is 13.1 Å². The van der Waals surface area contributed by atoms with Crippen molar-refractivity contribution in [3.63, 3.8) is 0 Å². The zero-order valence-corrected chi connectivity index (χ0v) is 9.92. The Labute approximate surface area is 87.6 Å². The third-order valence-corrected chi connectivity index (χ3v) is 2.73. The summed E-state index contributed by atoms with van der Waals surface area (Å²) in [5.74, 6) is 0.372. The highest BCUT2D eigenvalue weighted by atomic mass is 16.2. The average Bonchev–Trinajstić information content (AvgIpc) is 2.22. The quantitative estimate of drug-likeness (QED) is 0.708. The molecule has 0 heterocycles. The summed E-state index contributed by atoms with van der Waals surface area (Å²) in [4.78, 5) is 13.7. The largest absolute Gasteiger partial charge is 0.342 e. The molecule has 0 saturated heterocycles. The highest BCUT2D eigenvalue weighted by Crippen LogP contribution is 2.08. The number of carbonyl (C=O) groups is 1. The molecule has 0 aromatic heterocycles. The third-order valence-electron chi connectivity index (χ3n) is 2.73. The molecular formula is C11H24N2O. The Morgan fingerprint density at radius 3 is 2.29 bits per heavy atom. The number of hydrogen-bond acceptors (Lipinski definition) is 2.